The highest BCUT2D eigenvalue weighted by Gasteiger charge is 2.31. The molecule has 154 valence electrons. The molecule has 0 aliphatic carbocycles. The van der Waals surface area contributed by atoms with E-state index in [1.807, 2.05) is 19.6 Å². The van der Waals surface area contributed by atoms with Crippen LogP contribution in [-0.4, -0.2) is 51.0 Å². The Morgan fingerprint density at radius 3 is 1.65 bits per heavy atom. The first-order valence-electron chi connectivity index (χ1n) is 9.56. The zero-order valence-electron chi connectivity index (χ0n) is 19.2. The first-order chi connectivity index (χ1) is 11.3. The van der Waals surface area contributed by atoms with Crippen LogP contribution in [-0.2, 0) is 13.6 Å². The molecule has 0 aliphatic heterocycles. The molecule has 26 heavy (non-hydrogen) atoms. The molecule has 1 unspecified atom stereocenters. The standard InChI is InChI=1S/C17H42N2O3Si4/c1-23(2,3)18-15(17(20)22-26(10,11)12)13-14-16(19-24(4,5)6)21-25(7,8)9/h15,18H,13-14H2,1-12H3. The largest absolute Gasteiger partial charge is 0.535 e. The molecule has 0 fully saturated rings. The minimum absolute atomic E-state index is 0.119. The smallest absolute Gasteiger partial charge is 0.309 e. The van der Waals surface area contributed by atoms with Crippen molar-refractivity contribution in [3.8, 4) is 0 Å². The zero-order valence-corrected chi connectivity index (χ0v) is 23.2. The van der Waals surface area contributed by atoms with Crippen LogP contribution in [0.1, 0.15) is 12.8 Å². The van der Waals surface area contributed by atoms with Gasteiger partial charge in [0.25, 0.3) is 0 Å². The van der Waals surface area contributed by atoms with Crippen LogP contribution in [0.25, 0.3) is 0 Å². The third-order valence-corrected chi connectivity index (χ3v) is 6.63. The SMILES string of the molecule is C[Si](C)(C)N=C(CCC(N[Si](C)(C)C)C(=O)O[Si](C)(C)C)O[Si](C)(C)C. The zero-order chi connectivity index (χ0) is 21.0. The van der Waals surface area contributed by atoms with Crippen molar-refractivity contribution in [2.45, 2.75) is 97.4 Å². The van der Waals surface area contributed by atoms with Crippen LogP contribution in [0.5, 0.6) is 0 Å². The highest BCUT2D eigenvalue weighted by atomic mass is 28.4. The van der Waals surface area contributed by atoms with E-state index in [-0.39, 0.29) is 12.0 Å². The summed E-state index contributed by atoms with van der Waals surface area (Å²) in [5, 5.41) is 0. The van der Waals surface area contributed by atoms with Gasteiger partial charge in [0.05, 0.1) is 6.04 Å². The van der Waals surface area contributed by atoms with E-state index in [1.54, 1.807) is 0 Å². The summed E-state index contributed by atoms with van der Waals surface area (Å²) in [4.78, 5) is 16.3. The molecule has 9 heteroatoms. The summed E-state index contributed by atoms with van der Waals surface area (Å²) in [6, 6.07) is -0.287. The van der Waals surface area contributed by atoms with Crippen molar-refractivity contribution in [3.63, 3.8) is 0 Å². The number of nitrogens with zero attached hydrogens (tertiary/aromatic N) is 1. The van der Waals surface area contributed by atoms with Gasteiger partial charge in [-0.1, -0.05) is 19.6 Å². The fourth-order valence-corrected chi connectivity index (χ4v) is 6.17. The van der Waals surface area contributed by atoms with Crippen molar-refractivity contribution in [1.82, 2.24) is 4.98 Å². The summed E-state index contributed by atoms with van der Waals surface area (Å²) in [5.74, 6) is 0.707. The number of hydrogen-bond acceptors (Lipinski definition) is 5. The summed E-state index contributed by atoms with van der Waals surface area (Å²) >= 11 is 0. The molecule has 0 aliphatic rings. The summed E-state index contributed by atoms with van der Waals surface area (Å²) < 4.78 is 16.9. The molecule has 0 aromatic carbocycles. The Hall–Kier alpha value is -0.232. The van der Waals surface area contributed by atoms with Crippen LogP contribution in [0, 0.1) is 0 Å². The first kappa shape index (κ1) is 25.8. The Morgan fingerprint density at radius 2 is 1.31 bits per heavy atom. The van der Waals surface area contributed by atoms with Gasteiger partial charge in [-0.2, -0.15) is 0 Å². The van der Waals surface area contributed by atoms with Crippen LogP contribution in [0.3, 0.4) is 0 Å². The average molecular weight is 435 g/mol. The quantitative estimate of drug-likeness (QED) is 0.314. The van der Waals surface area contributed by atoms with Gasteiger partial charge in [0.1, 0.15) is 8.24 Å². The number of carbonyl (C=O) groups is 1. The van der Waals surface area contributed by atoms with Gasteiger partial charge in [0, 0.05) is 6.42 Å². The van der Waals surface area contributed by atoms with Crippen molar-refractivity contribution in [2.24, 2.45) is 4.66 Å². The lowest BCUT2D eigenvalue weighted by molar-refractivity contribution is -0.137. The fourth-order valence-electron chi connectivity index (χ4n) is 2.27. The minimum Gasteiger partial charge on any atom is -0.535 e. The van der Waals surface area contributed by atoms with Gasteiger partial charge in [-0.25, -0.2) is 0 Å². The van der Waals surface area contributed by atoms with Crippen molar-refractivity contribution < 1.29 is 13.6 Å². The van der Waals surface area contributed by atoms with Crippen molar-refractivity contribution in [1.29, 1.82) is 0 Å². The molecular formula is C17H42N2O3Si4. The van der Waals surface area contributed by atoms with Gasteiger partial charge >= 0.3 is 5.97 Å². The second-order valence-corrected chi connectivity index (χ2v) is 29.1. The molecule has 5 nitrogen and oxygen atoms in total. The number of hydrogen-bond donors (Lipinski definition) is 1. The second kappa shape index (κ2) is 9.31. The maximum absolute atomic E-state index is 12.7. The lowest BCUT2D eigenvalue weighted by atomic mass is 10.2. The molecule has 0 spiro atoms. The molecule has 0 heterocycles. The molecule has 0 aromatic rings. The Kier molecular flexibility index (Phi) is 9.23. The van der Waals surface area contributed by atoms with Gasteiger partial charge in [-0.15, -0.1) is 0 Å². The van der Waals surface area contributed by atoms with E-state index in [0.717, 1.165) is 5.90 Å². The molecule has 0 rings (SSSR count). The summed E-state index contributed by atoms with van der Waals surface area (Å²) in [6.45, 7) is 25.9. The maximum Gasteiger partial charge on any atom is 0.309 e. The van der Waals surface area contributed by atoms with E-state index in [0.29, 0.717) is 12.8 Å². The van der Waals surface area contributed by atoms with Crippen molar-refractivity contribution >= 4 is 45.0 Å². The van der Waals surface area contributed by atoms with Crippen LogP contribution in [0.15, 0.2) is 4.66 Å². The fraction of sp³-hybridized carbons (Fsp3) is 0.882. The summed E-state index contributed by atoms with van der Waals surface area (Å²) in [6.07, 6.45) is 1.35. The predicted molar refractivity (Wildman–Crippen MR) is 124 cm³/mol. The maximum atomic E-state index is 12.7. The third-order valence-electron chi connectivity index (χ3n) is 2.83. The Labute approximate surface area is 165 Å². The molecule has 0 saturated carbocycles. The molecule has 0 saturated heterocycles. The molecular weight excluding hydrogens is 393 g/mol. The number of rotatable bonds is 9. The Balaban J connectivity index is 5.33. The normalized spacial score (nSPS) is 15.6. The monoisotopic (exact) mass is 434 g/mol. The molecule has 0 bridgehead atoms. The van der Waals surface area contributed by atoms with E-state index >= 15 is 0 Å². The van der Waals surface area contributed by atoms with E-state index in [4.69, 9.17) is 13.5 Å². The highest BCUT2D eigenvalue weighted by molar-refractivity contribution is 6.76. The topological polar surface area (TPSA) is 59.9 Å². The Bertz CT molecular complexity index is 498. The molecule has 0 amide bonds. The summed E-state index contributed by atoms with van der Waals surface area (Å²) in [5.41, 5.74) is 0. The predicted octanol–water partition coefficient (Wildman–Crippen LogP) is 5.02. The Morgan fingerprint density at radius 1 is 0.846 bits per heavy atom. The first-order valence-corrected chi connectivity index (χ1v) is 23.3. The lowest BCUT2D eigenvalue weighted by Crippen LogP contribution is -2.53. The van der Waals surface area contributed by atoms with Crippen LogP contribution in [0.4, 0.5) is 0 Å². The van der Waals surface area contributed by atoms with E-state index in [9.17, 15) is 4.79 Å². The van der Waals surface area contributed by atoms with E-state index in [1.165, 1.54) is 0 Å². The average Bonchev–Trinajstić information content (AvgIpc) is 2.26. The van der Waals surface area contributed by atoms with E-state index in [2.05, 4.69) is 63.9 Å². The van der Waals surface area contributed by atoms with Crippen molar-refractivity contribution in [3.05, 3.63) is 0 Å². The van der Waals surface area contributed by atoms with Gasteiger partial charge in [0.15, 0.2) is 14.1 Å². The van der Waals surface area contributed by atoms with Gasteiger partial charge < -0.3 is 13.8 Å². The van der Waals surface area contributed by atoms with Crippen molar-refractivity contribution in [2.75, 3.05) is 0 Å². The summed E-state index contributed by atoms with van der Waals surface area (Å²) in [7, 11) is -6.91. The second-order valence-electron chi connectivity index (χ2n) is 10.9. The van der Waals surface area contributed by atoms with Crippen LogP contribution >= 0.6 is 0 Å². The molecule has 0 aromatic heterocycles. The van der Waals surface area contributed by atoms with E-state index < -0.39 is 33.1 Å². The van der Waals surface area contributed by atoms with Gasteiger partial charge in [-0.3, -0.25) is 9.45 Å². The van der Waals surface area contributed by atoms with Gasteiger partial charge in [-0.05, 0) is 65.3 Å². The highest BCUT2D eigenvalue weighted by Crippen LogP contribution is 2.15. The third kappa shape index (κ3) is 14.9. The van der Waals surface area contributed by atoms with Gasteiger partial charge in [0.2, 0.25) is 16.6 Å². The number of nitrogens with one attached hydrogen (secondary N) is 1. The lowest BCUT2D eigenvalue weighted by Gasteiger charge is -2.30. The molecule has 0 radical (unpaired) electrons. The number of carbonyl (C=O) groups excluding carboxylic acids is 1. The van der Waals surface area contributed by atoms with Crippen LogP contribution in [0.2, 0.25) is 78.6 Å². The minimum atomic E-state index is -1.91. The van der Waals surface area contributed by atoms with Crippen LogP contribution < -0.4 is 4.98 Å². The molecule has 1 atom stereocenters. The molecule has 1 N–H and O–H groups in total.